The number of hydrogen-bond acceptors (Lipinski definition) is 6. The molecule has 1 unspecified atom stereocenters. The topological polar surface area (TPSA) is 78.9 Å². The summed E-state index contributed by atoms with van der Waals surface area (Å²) in [5.74, 6) is -0.948. The first-order chi connectivity index (χ1) is 40.0. The van der Waals surface area contributed by atoms with Gasteiger partial charge in [-0.15, -0.1) is 0 Å². The second kappa shape index (κ2) is 67.3. The van der Waals surface area contributed by atoms with Gasteiger partial charge in [0, 0.05) is 19.3 Å². The Labute approximate surface area is 498 Å². The molecule has 454 valence electrons. The maximum Gasteiger partial charge on any atom is 0.306 e. The van der Waals surface area contributed by atoms with Gasteiger partial charge in [0.05, 0.1) is 0 Å². The zero-order valence-electron chi connectivity index (χ0n) is 52.0. The monoisotopic (exact) mass is 1110 g/mol. The molecule has 0 aliphatic heterocycles. The molecule has 6 nitrogen and oxygen atoms in total. The smallest absolute Gasteiger partial charge is 0.306 e. The average molecular weight is 1120 g/mol. The largest absolute Gasteiger partial charge is 0.462 e. The van der Waals surface area contributed by atoms with E-state index < -0.39 is 6.10 Å². The molecule has 0 fully saturated rings. The number of ether oxygens (including phenoxy) is 3. The van der Waals surface area contributed by atoms with Gasteiger partial charge in [-0.3, -0.25) is 14.4 Å². The Hall–Kier alpha value is -5.23. The maximum atomic E-state index is 12.9. The molecule has 0 spiro atoms. The van der Waals surface area contributed by atoms with Gasteiger partial charge in [-0.25, -0.2) is 0 Å². The molecule has 1 atom stereocenters. The van der Waals surface area contributed by atoms with Gasteiger partial charge in [0.25, 0.3) is 0 Å². The van der Waals surface area contributed by atoms with Crippen LogP contribution in [0, 0.1) is 0 Å². The fourth-order valence-electron chi connectivity index (χ4n) is 8.43. The summed E-state index contributed by atoms with van der Waals surface area (Å²) in [6.45, 7) is 6.26. The molecule has 0 saturated carbocycles. The lowest BCUT2D eigenvalue weighted by Gasteiger charge is -2.18. The van der Waals surface area contributed by atoms with Crippen LogP contribution in [0.5, 0.6) is 0 Å². The Morgan fingerprint density at radius 3 is 0.691 bits per heavy atom. The Balaban J connectivity index is 4.50. The van der Waals surface area contributed by atoms with Crippen molar-refractivity contribution in [3.63, 3.8) is 0 Å². The summed E-state index contributed by atoms with van der Waals surface area (Å²) in [6.07, 6.45) is 99.2. The highest BCUT2D eigenvalue weighted by Gasteiger charge is 2.19. The minimum absolute atomic E-state index is 0.104. The fourth-order valence-corrected chi connectivity index (χ4v) is 8.43. The summed E-state index contributed by atoms with van der Waals surface area (Å²) in [4.78, 5) is 38.4. The molecule has 0 saturated heterocycles. The van der Waals surface area contributed by atoms with Gasteiger partial charge in [-0.2, -0.15) is 0 Å². The third-order valence-electron chi connectivity index (χ3n) is 13.2. The lowest BCUT2D eigenvalue weighted by atomic mass is 10.1. The van der Waals surface area contributed by atoms with E-state index >= 15 is 0 Å². The van der Waals surface area contributed by atoms with Crippen molar-refractivity contribution in [2.45, 2.75) is 271 Å². The number of unbranched alkanes of at least 4 members (excludes halogenated alkanes) is 18. The van der Waals surface area contributed by atoms with Crippen molar-refractivity contribution in [3.05, 3.63) is 170 Å². The minimum Gasteiger partial charge on any atom is -0.462 e. The normalized spacial score (nSPS) is 13.3. The van der Waals surface area contributed by atoms with E-state index in [1.165, 1.54) is 38.5 Å². The van der Waals surface area contributed by atoms with Crippen molar-refractivity contribution in [1.82, 2.24) is 0 Å². The third-order valence-corrected chi connectivity index (χ3v) is 13.2. The summed E-state index contributed by atoms with van der Waals surface area (Å²) >= 11 is 0. The second-order valence-electron chi connectivity index (χ2n) is 20.9. The quantitative estimate of drug-likeness (QED) is 0.0261. The summed E-state index contributed by atoms with van der Waals surface area (Å²) in [5, 5.41) is 0. The summed E-state index contributed by atoms with van der Waals surface area (Å²) in [7, 11) is 0. The predicted octanol–water partition coefficient (Wildman–Crippen LogP) is 22.7. The van der Waals surface area contributed by atoms with Crippen molar-refractivity contribution >= 4 is 17.9 Å². The van der Waals surface area contributed by atoms with Crippen molar-refractivity contribution < 1.29 is 28.6 Å². The zero-order valence-corrected chi connectivity index (χ0v) is 52.0. The van der Waals surface area contributed by atoms with Gasteiger partial charge >= 0.3 is 17.9 Å². The number of allylic oxidation sites excluding steroid dienone is 28. The number of rotatable bonds is 57. The molecule has 0 N–H and O–H groups in total. The highest BCUT2D eigenvalue weighted by atomic mass is 16.6. The van der Waals surface area contributed by atoms with Crippen LogP contribution in [0.15, 0.2) is 170 Å². The molecule has 0 aliphatic carbocycles. The number of carbonyl (C=O) groups excluding carboxylic acids is 3. The van der Waals surface area contributed by atoms with E-state index in [9.17, 15) is 14.4 Å². The molecule has 81 heavy (non-hydrogen) atoms. The number of esters is 3. The molecule has 0 amide bonds. The Morgan fingerprint density at radius 2 is 0.444 bits per heavy atom. The van der Waals surface area contributed by atoms with Crippen LogP contribution in [0.1, 0.15) is 265 Å². The highest BCUT2D eigenvalue weighted by molar-refractivity contribution is 5.71. The number of hydrogen-bond donors (Lipinski definition) is 0. The number of carbonyl (C=O) groups is 3. The molecule has 6 heteroatoms. The van der Waals surface area contributed by atoms with E-state index in [1.807, 2.05) is 0 Å². The third kappa shape index (κ3) is 65.5. The van der Waals surface area contributed by atoms with Crippen molar-refractivity contribution in [1.29, 1.82) is 0 Å². The highest BCUT2D eigenvalue weighted by Crippen LogP contribution is 2.14. The lowest BCUT2D eigenvalue weighted by molar-refractivity contribution is -0.167. The summed E-state index contributed by atoms with van der Waals surface area (Å²) < 4.78 is 16.9. The molecule has 0 bridgehead atoms. The van der Waals surface area contributed by atoms with Gasteiger partial charge in [0.2, 0.25) is 0 Å². The van der Waals surface area contributed by atoms with Crippen LogP contribution in [0.25, 0.3) is 0 Å². The molecule has 0 rings (SSSR count). The summed E-state index contributed by atoms with van der Waals surface area (Å²) in [6, 6.07) is 0. The molecule has 0 heterocycles. The first kappa shape index (κ1) is 75.8. The van der Waals surface area contributed by atoms with Crippen LogP contribution in [-0.4, -0.2) is 37.2 Å². The van der Waals surface area contributed by atoms with Crippen LogP contribution in [0.4, 0.5) is 0 Å². The van der Waals surface area contributed by atoms with Crippen molar-refractivity contribution in [2.24, 2.45) is 0 Å². The summed E-state index contributed by atoms with van der Waals surface area (Å²) in [5.41, 5.74) is 0. The first-order valence-corrected chi connectivity index (χ1v) is 32.6. The molecule has 0 radical (unpaired) electrons. The molecule has 0 aromatic heterocycles. The van der Waals surface area contributed by atoms with Crippen LogP contribution < -0.4 is 0 Å². The molecular weight excluding hydrogens is 997 g/mol. The lowest BCUT2D eigenvalue weighted by Crippen LogP contribution is -2.30. The van der Waals surface area contributed by atoms with Crippen LogP contribution in [-0.2, 0) is 28.6 Å². The van der Waals surface area contributed by atoms with Gasteiger partial charge in [0.15, 0.2) is 6.10 Å². The van der Waals surface area contributed by atoms with Gasteiger partial charge in [0.1, 0.15) is 13.2 Å². The molecular formula is C75H118O6. The first-order valence-electron chi connectivity index (χ1n) is 32.6. The standard InChI is InChI=1S/C75H118O6/c1-4-7-10-13-16-19-22-25-28-31-34-35-36-37-38-39-42-44-47-50-53-56-59-62-65-68-74(77)80-71-72(81-75(78)69-66-63-60-57-54-51-48-45-41-33-30-27-24-21-18-15-12-9-6-3)70-79-73(76)67-64-61-58-55-52-49-46-43-40-32-29-26-23-20-17-14-11-8-5-2/h7-12,16-21,25-30,34-35,37-38,40-45,72H,4-6,13-15,22-24,31-33,36,39,46-71H2,1-3H3/b10-7-,11-8-,12-9-,19-16-,20-17-,21-18-,28-25-,29-26-,30-27-,35-34-,38-37-,43-40-,44-42-,45-41-. The Kier molecular flexibility index (Phi) is 62.9. The predicted molar refractivity (Wildman–Crippen MR) is 352 cm³/mol. The van der Waals surface area contributed by atoms with Gasteiger partial charge in [-0.05, 0) is 148 Å². The van der Waals surface area contributed by atoms with Crippen molar-refractivity contribution in [3.8, 4) is 0 Å². The van der Waals surface area contributed by atoms with Crippen LogP contribution in [0.3, 0.4) is 0 Å². The fraction of sp³-hybridized carbons (Fsp3) is 0.587. The molecule has 0 aromatic carbocycles. The van der Waals surface area contributed by atoms with E-state index in [0.717, 1.165) is 186 Å². The van der Waals surface area contributed by atoms with E-state index in [0.29, 0.717) is 19.3 Å². The van der Waals surface area contributed by atoms with E-state index in [4.69, 9.17) is 14.2 Å². The van der Waals surface area contributed by atoms with Crippen LogP contribution in [0.2, 0.25) is 0 Å². The maximum absolute atomic E-state index is 12.9. The second-order valence-corrected chi connectivity index (χ2v) is 20.9. The van der Waals surface area contributed by atoms with E-state index in [-0.39, 0.29) is 31.1 Å². The van der Waals surface area contributed by atoms with Crippen molar-refractivity contribution in [2.75, 3.05) is 13.2 Å². The Bertz CT molecular complexity index is 1860. The van der Waals surface area contributed by atoms with E-state index in [1.54, 1.807) is 0 Å². The van der Waals surface area contributed by atoms with Crippen LogP contribution >= 0.6 is 0 Å². The zero-order chi connectivity index (χ0) is 58.5. The average Bonchev–Trinajstić information content (AvgIpc) is 3.47. The van der Waals surface area contributed by atoms with Gasteiger partial charge in [-0.1, -0.05) is 268 Å². The Morgan fingerprint density at radius 1 is 0.247 bits per heavy atom. The SMILES string of the molecule is CC/C=C\C/C=C\C/C=C\C/C=C\C/C=C\C/C=C\CCCCCCCCC(=O)OCC(COC(=O)CCCCCCCC/C=C\C/C=C\C/C=C\C/C=C\CC)OC(=O)CCCCCCCC/C=C\C/C=C\C/C=C\C/C=C\CC. The molecule has 0 aliphatic rings. The van der Waals surface area contributed by atoms with E-state index in [2.05, 4.69) is 191 Å². The van der Waals surface area contributed by atoms with Gasteiger partial charge < -0.3 is 14.2 Å². The minimum atomic E-state index is -0.810. The molecule has 0 aromatic rings.